The summed E-state index contributed by atoms with van der Waals surface area (Å²) in [6, 6.07) is 11.7. The Morgan fingerprint density at radius 2 is 1.86 bits per heavy atom. The number of carbonyl (C=O) groups is 1. The normalized spacial score (nSPS) is 10.5. The molecule has 0 fully saturated rings. The molecule has 0 aliphatic carbocycles. The number of ether oxygens (including phenoxy) is 1. The predicted octanol–water partition coefficient (Wildman–Crippen LogP) is 4.44. The highest BCUT2D eigenvalue weighted by atomic mass is 16.5. The molecular formula is C22H24N4O2. The van der Waals surface area contributed by atoms with E-state index in [-0.39, 0.29) is 5.78 Å². The van der Waals surface area contributed by atoms with Crippen LogP contribution in [0.5, 0.6) is 11.6 Å². The first-order chi connectivity index (χ1) is 13.5. The third-order valence-electron chi connectivity index (χ3n) is 4.40. The molecule has 0 bridgehead atoms. The van der Waals surface area contributed by atoms with Gasteiger partial charge >= 0.3 is 0 Å². The second-order valence-corrected chi connectivity index (χ2v) is 6.63. The first kappa shape index (κ1) is 19.5. The Morgan fingerprint density at radius 1 is 1.07 bits per heavy atom. The van der Waals surface area contributed by atoms with E-state index in [0.29, 0.717) is 36.8 Å². The predicted molar refractivity (Wildman–Crippen MR) is 110 cm³/mol. The first-order valence-corrected chi connectivity index (χ1v) is 9.31. The van der Waals surface area contributed by atoms with Gasteiger partial charge in [-0.25, -0.2) is 0 Å². The van der Waals surface area contributed by atoms with Gasteiger partial charge < -0.3 is 9.64 Å². The van der Waals surface area contributed by atoms with Gasteiger partial charge in [-0.3, -0.25) is 14.8 Å². The van der Waals surface area contributed by atoms with Crippen LogP contribution in [-0.2, 0) is 4.79 Å². The number of anilines is 1. The third-order valence-corrected chi connectivity index (χ3v) is 4.40. The fraction of sp³-hybridized carbons (Fsp3) is 0.273. The van der Waals surface area contributed by atoms with Crippen LogP contribution in [0.15, 0.2) is 55.0 Å². The summed E-state index contributed by atoms with van der Waals surface area (Å²) in [7, 11) is 1.89. The van der Waals surface area contributed by atoms with Crippen molar-refractivity contribution in [1.82, 2.24) is 15.0 Å². The van der Waals surface area contributed by atoms with Gasteiger partial charge in [0.05, 0.1) is 18.1 Å². The van der Waals surface area contributed by atoms with Gasteiger partial charge in [-0.05, 0) is 42.8 Å². The number of rotatable bonds is 8. The third kappa shape index (κ3) is 5.13. The summed E-state index contributed by atoms with van der Waals surface area (Å²) in [5.74, 6) is 1.98. The minimum atomic E-state index is 0.232. The monoisotopic (exact) mass is 376 g/mol. The number of ketones is 1. The molecule has 0 aliphatic heterocycles. The topological polar surface area (TPSA) is 68.2 Å². The van der Waals surface area contributed by atoms with Crippen LogP contribution in [0.1, 0.15) is 25.3 Å². The summed E-state index contributed by atoms with van der Waals surface area (Å²) in [4.78, 5) is 26.5. The Kier molecular flexibility index (Phi) is 6.32. The van der Waals surface area contributed by atoms with E-state index < -0.39 is 0 Å². The standard InChI is InChI=1S/C22H24N4O2/c1-4-18(27)11-12-26(3)21-14-23-15-22(25-21)28-19-8-6-17(7-9-19)20-10-5-16(2)13-24-20/h5-10,13-15H,4,11-12H2,1-3H3. The van der Waals surface area contributed by atoms with Crippen molar-refractivity contribution in [2.75, 3.05) is 18.5 Å². The Bertz CT molecular complexity index is 924. The highest BCUT2D eigenvalue weighted by molar-refractivity contribution is 5.78. The maximum absolute atomic E-state index is 11.5. The van der Waals surface area contributed by atoms with Crippen LogP contribution in [0.2, 0.25) is 0 Å². The maximum atomic E-state index is 11.5. The number of nitrogens with zero attached hydrogens (tertiary/aromatic N) is 4. The Balaban J connectivity index is 1.66. The van der Waals surface area contributed by atoms with Crippen molar-refractivity contribution in [2.45, 2.75) is 26.7 Å². The molecule has 2 heterocycles. The van der Waals surface area contributed by atoms with E-state index in [1.807, 2.05) is 68.4 Å². The summed E-state index contributed by atoms with van der Waals surface area (Å²) in [6.45, 7) is 4.49. The van der Waals surface area contributed by atoms with Gasteiger partial charge in [-0.2, -0.15) is 4.98 Å². The van der Waals surface area contributed by atoms with Crippen molar-refractivity contribution in [3.63, 3.8) is 0 Å². The highest BCUT2D eigenvalue weighted by Crippen LogP contribution is 2.24. The highest BCUT2D eigenvalue weighted by Gasteiger charge is 2.08. The van der Waals surface area contributed by atoms with Crippen LogP contribution in [-0.4, -0.2) is 34.3 Å². The lowest BCUT2D eigenvalue weighted by Crippen LogP contribution is -2.22. The number of hydrogen-bond donors (Lipinski definition) is 0. The van der Waals surface area contributed by atoms with Crippen LogP contribution in [0.4, 0.5) is 5.82 Å². The van der Waals surface area contributed by atoms with Crippen LogP contribution in [0.3, 0.4) is 0 Å². The molecule has 2 aromatic heterocycles. The van der Waals surface area contributed by atoms with Gasteiger partial charge in [0.25, 0.3) is 0 Å². The smallest absolute Gasteiger partial charge is 0.239 e. The number of Topliss-reactive ketones (excluding diaryl/α,β-unsaturated/α-hetero) is 1. The molecule has 6 heteroatoms. The van der Waals surface area contributed by atoms with Crippen LogP contribution < -0.4 is 9.64 Å². The number of carbonyl (C=O) groups excluding carboxylic acids is 1. The molecule has 0 N–H and O–H groups in total. The molecule has 0 aliphatic rings. The second-order valence-electron chi connectivity index (χ2n) is 6.63. The lowest BCUT2D eigenvalue weighted by molar-refractivity contribution is -0.118. The SMILES string of the molecule is CCC(=O)CCN(C)c1cncc(Oc2ccc(-c3ccc(C)cn3)cc2)n1. The van der Waals surface area contributed by atoms with E-state index >= 15 is 0 Å². The lowest BCUT2D eigenvalue weighted by atomic mass is 10.1. The fourth-order valence-corrected chi connectivity index (χ4v) is 2.61. The maximum Gasteiger partial charge on any atom is 0.239 e. The molecular weight excluding hydrogens is 352 g/mol. The van der Waals surface area contributed by atoms with Crippen molar-refractivity contribution in [1.29, 1.82) is 0 Å². The fourth-order valence-electron chi connectivity index (χ4n) is 2.61. The average molecular weight is 376 g/mol. The summed E-state index contributed by atoms with van der Waals surface area (Å²) < 4.78 is 5.84. The van der Waals surface area contributed by atoms with Crippen molar-refractivity contribution in [3.8, 4) is 22.9 Å². The Hall–Kier alpha value is -3.28. The molecule has 0 saturated heterocycles. The summed E-state index contributed by atoms with van der Waals surface area (Å²) >= 11 is 0. The van der Waals surface area contributed by atoms with Gasteiger partial charge in [0, 0.05) is 38.2 Å². The number of aromatic nitrogens is 3. The Morgan fingerprint density at radius 3 is 2.54 bits per heavy atom. The van der Waals surface area contributed by atoms with E-state index in [4.69, 9.17) is 4.74 Å². The van der Waals surface area contributed by atoms with Gasteiger partial charge in [0.1, 0.15) is 11.5 Å². The number of benzene rings is 1. The second kappa shape index (κ2) is 9.08. The zero-order chi connectivity index (χ0) is 19.9. The largest absolute Gasteiger partial charge is 0.437 e. The van der Waals surface area contributed by atoms with E-state index in [9.17, 15) is 4.79 Å². The number of hydrogen-bond acceptors (Lipinski definition) is 6. The van der Waals surface area contributed by atoms with Gasteiger partial charge in [-0.1, -0.05) is 13.0 Å². The minimum Gasteiger partial charge on any atom is -0.437 e. The molecule has 144 valence electrons. The summed E-state index contributed by atoms with van der Waals surface area (Å²) in [6.07, 6.45) is 6.13. The molecule has 0 spiro atoms. The molecule has 6 nitrogen and oxygen atoms in total. The van der Waals surface area contributed by atoms with Crippen molar-refractivity contribution in [3.05, 3.63) is 60.6 Å². The van der Waals surface area contributed by atoms with E-state index in [0.717, 1.165) is 16.8 Å². The summed E-state index contributed by atoms with van der Waals surface area (Å²) in [5.41, 5.74) is 3.07. The zero-order valence-corrected chi connectivity index (χ0v) is 16.4. The van der Waals surface area contributed by atoms with Crippen molar-refractivity contribution < 1.29 is 9.53 Å². The molecule has 0 saturated carbocycles. The lowest BCUT2D eigenvalue weighted by Gasteiger charge is -2.17. The molecule has 0 radical (unpaired) electrons. The quantitative estimate of drug-likeness (QED) is 0.579. The first-order valence-electron chi connectivity index (χ1n) is 9.31. The van der Waals surface area contributed by atoms with Crippen LogP contribution in [0.25, 0.3) is 11.3 Å². The van der Waals surface area contributed by atoms with Gasteiger partial charge in [0.2, 0.25) is 5.88 Å². The molecule has 1 aromatic carbocycles. The molecule has 3 aromatic rings. The van der Waals surface area contributed by atoms with E-state index in [1.54, 1.807) is 12.4 Å². The number of aryl methyl sites for hydroxylation is 1. The molecule has 0 amide bonds. The zero-order valence-electron chi connectivity index (χ0n) is 16.4. The molecule has 28 heavy (non-hydrogen) atoms. The van der Waals surface area contributed by atoms with Gasteiger partial charge in [0.15, 0.2) is 5.82 Å². The van der Waals surface area contributed by atoms with Crippen molar-refractivity contribution in [2.24, 2.45) is 0 Å². The van der Waals surface area contributed by atoms with E-state index in [1.165, 1.54) is 0 Å². The Labute approximate surface area is 165 Å². The van der Waals surface area contributed by atoms with E-state index in [2.05, 4.69) is 15.0 Å². The number of pyridine rings is 1. The molecule has 0 atom stereocenters. The molecule has 3 rings (SSSR count). The van der Waals surface area contributed by atoms with Crippen LogP contribution >= 0.6 is 0 Å². The average Bonchev–Trinajstić information content (AvgIpc) is 2.73. The van der Waals surface area contributed by atoms with Gasteiger partial charge in [-0.15, -0.1) is 0 Å². The van der Waals surface area contributed by atoms with Crippen LogP contribution in [0, 0.1) is 6.92 Å². The summed E-state index contributed by atoms with van der Waals surface area (Å²) in [5, 5.41) is 0. The molecule has 0 unspecified atom stereocenters. The van der Waals surface area contributed by atoms with Crippen molar-refractivity contribution >= 4 is 11.6 Å². The minimum absolute atomic E-state index is 0.232.